The van der Waals surface area contributed by atoms with Crippen molar-refractivity contribution < 1.29 is 19.0 Å². The molecule has 1 fully saturated rings. The van der Waals surface area contributed by atoms with Crippen LogP contribution in [0, 0.1) is 0 Å². The quantitative estimate of drug-likeness (QED) is 0.794. The van der Waals surface area contributed by atoms with Crippen LogP contribution in [-0.4, -0.2) is 43.9 Å². The van der Waals surface area contributed by atoms with Crippen molar-refractivity contribution in [1.82, 2.24) is 10.3 Å². The summed E-state index contributed by atoms with van der Waals surface area (Å²) >= 11 is 1.71. The SMILES string of the molecule is COc1cc(C(=O)C2CSC(c3ccncc3)N2)cc(OC)c1OC. The molecule has 0 spiro atoms. The summed E-state index contributed by atoms with van der Waals surface area (Å²) in [7, 11) is 4.61. The molecule has 25 heavy (non-hydrogen) atoms. The van der Waals surface area contributed by atoms with Gasteiger partial charge in [0.2, 0.25) is 5.75 Å². The number of ketones is 1. The van der Waals surface area contributed by atoms with Crippen LogP contribution >= 0.6 is 11.8 Å². The molecule has 1 saturated heterocycles. The van der Waals surface area contributed by atoms with Gasteiger partial charge in [0.15, 0.2) is 17.3 Å². The molecule has 1 aliphatic heterocycles. The third kappa shape index (κ3) is 3.57. The zero-order valence-electron chi connectivity index (χ0n) is 14.3. The van der Waals surface area contributed by atoms with Crippen molar-refractivity contribution in [2.75, 3.05) is 27.1 Å². The number of Topliss-reactive ketones (excluding diaryl/α,β-unsaturated/α-hetero) is 1. The first-order valence-electron chi connectivity index (χ1n) is 7.79. The van der Waals surface area contributed by atoms with E-state index in [-0.39, 0.29) is 17.2 Å². The molecule has 2 atom stereocenters. The highest BCUT2D eigenvalue weighted by molar-refractivity contribution is 7.99. The average Bonchev–Trinajstić information content (AvgIpc) is 3.17. The van der Waals surface area contributed by atoms with Gasteiger partial charge >= 0.3 is 0 Å². The number of methoxy groups -OCH3 is 3. The summed E-state index contributed by atoms with van der Waals surface area (Å²) in [5.74, 6) is 2.12. The summed E-state index contributed by atoms with van der Waals surface area (Å²) < 4.78 is 16.0. The number of ether oxygens (including phenoxy) is 3. The van der Waals surface area contributed by atoms with E-state index in [0.29, 0.717) is 28.6 Å². The van der Waals surface area contributed by atoms with E-state index in [4.69, 9.17) is 14.2 Å². The van der Waals surface area contributed by atoms with Crippen molar-refractivity contribution >= 4 is 17.5 Å². The molecule has 7 heteroatoms. The number of nitrogens with one attached hydrogen (secondary N) is 1. The molecule has 2 aromatic rings. The predicted octanol–water partition coefficient (Wildman–Crippen LogP) is 2.69. The fourth-order valence-electron chi connectivity index (χ4n) is 2.78. The molecule has 2 unspecified atom stereocenters. The van der Waals surface area contributed by atoms with Crippen LogP contribution in [-0.2, 0) is 0 Å². The number of carbonyl (C=O) groups is 1. The number of pyridine rings is 1. The summed E-state index contributed by atoms with van der Waals surface area (Å²) in [6.45, 7) is 0. The van der Waals surface area contributed by atoms with Gasteiger partial charge in [-0.25, -0.2) is 0 Å². The maximum absolute atomic E-state index is 12.9. The molecule has 0 radical (unpaired) electrons. The molecule has 1 aromatic heterocycles. The summed E-state index contributed by atoms with van der Waals surface area (Å²) in [5, 5.41) is 3.46. The van der Waals surface area contributed by atoms with Crippen LogP contribution < -0.4 is 19.5 Å². The van der Waals surface area contributed by atoms with Crippen molar-refractivity contribution in [2.45, 2.75) is 11.4 Å². The molecule has 2 heterocycles. The second kappa shape index (κ2) is 7.76. The lowest BCUT2D eigenvalue weighted by Gasteiger charge is -2.16. The van der Waals surface area contributed by atoms with Gasteiger partial charge in [-0.05, 0) is 29.8 Å². The first-order valence-corrected chi connectivity index (χ1v) is 8.84. The smallest absolute Gasteiger partial charge is 0.203 e. The molecule has 0 amide bonds. The normalized spacial score (nSPS) is 19.5. The van der Waals surface area contributed by atoms with Gasteiger partial charge in [0.25, 0.3) is 0 Å². The van der Waals surface area contributed by atoms with Crippen LogP contribution in [0.4, 0.5) is 0 Å². The molecule has 1 N–H and O–H groups in total. The highest BCUT2D eigenvalue weighted by atomic mass is 32.2. The van der Waals surface area contributed by atoms with Crippen molar-refractivity contribution in [3.63, 3.8) is 0 Å². The third-order valence-corrected chi connectivity index (χ3v) is 5.32. The van der Waals surface area contributed by atoms with E-state index in [2.05, 4.69) is 10.3 Å². The minimum Gasteiger partial charge on any atom is -0.493 e. The predicted molar refractivity (Wildman–Crippen MR) is 96.8 cm³/mol. The molecule has 0 aliphatic carbocycles. The van der Waals surface area contributed by atoms with E-state index >= 15 is 0 Å². The van der Waals surface area contributed by atoms with Gasteiger partial charge in [-0.2, -0.15) is 0 Å². The molecule has 3 rings (SSSR count). The summed E-state index contributed by atoms with van der Waals surface area (Å²) in [6.07, 6.45) is 3.51. The van der Waals surface area contributed by atoms with Crippen LogP contribution in [0.3, 0.4) is 0 Å². The number of nitrogens with zero attached hydrogens (tertiary/aromatic N) is 1. The van der Waals surface area contributed by atoms with Crippen molar-refractivity contribution in [3.8, 4) is 17.2 Å². The number of carbonyl (C=O) groups excluding carboxylic acids is 1. The van der Waals surface area contributed by atoms with Gasteiger partial charge in [-0.3, -0.25) is 15.1 Å². The number of rotatable bonds is 6. The van der Waals surface area contributed by atoms with Crippen molar-refractivity contribution in [1.29, 1.82) is 0 Å². The van der Waals surface area contributed by atoms with E-state index in [1.807, 2.05) is 12.1 Å². The Hall–Kier alpha value is -2.25. The lowest BCUT2D eigenvalue weighted by molar-refractivity contribution is 0.0955. The third-order valence-electron chi connectivity index (χ3n) is 4.06. The van der Waals surface area contributed by atoms with Gasteiger partial charge in [0, 0.05) is 23.7 Å². The van der Waals surface area contributed by atoms with Gasteiger partial charge in [-0.1, -0.05) is 0 Å². The molecule has 132 valence electrons. The zero-order valence-corrected chi connectivity index (χ0v) is 15.1. The summed E-state index contributed by atoms with van der Waals surface area (Å²) in [6, 6.07) is 7.02. The maximum Gasteiger partial charge on any atom is 0.203 e. The summed E-state index contributed by atoms with van der Waals surface area (Å²) in [5.41, 5.74) is 1.64. The van der Waals surface area contributed by atoms with E-state index in [0.717, 1.165) is 5.56 Å². The molecular formula is C18H20N2O4S. The van der Waals surface area contributed by atoms with Crippen LogP contribution in [0.15, 0.2) is 36.7 Å². The molecule has 0 saturated carbocycles. The molecule has 1 aliphatic rings. The Morgan fingerprint density at radius 1 is 1.12 bits per heavy atom. The fraction of sp³-hybridized carbons (Fsp3) is 0.333. The Morgan fingerprint density at radius 3 is 2.32 bits per heavy atom. The molecule has 6 nitrogen and oxygen atoms in total. The van der Waals surface area contributed by atoms with Gasteiger partial charge < -0.3 is 14.2 Å². The van der Waals surface area contributed by atoms with Gasteiger partial charge in [0.1, 0.15) is 0 Å². The Kier molecular flexibility index (Phi) is 5.45. The van der Waals surface area contributed by atoms with E-state index < -0.39 is 0 Å². The standard InChI is InChI=1S/C18H20N2O4S/c1-22-14-8-12(9-15(23-2)17(14)24-3)16(21)13-10-25-18(20-13)11-4-6-19-7-5-11/h4-9,13,18,20H,10H2,1-3H3. The molecule has 0 bridgehead atoms. The lowest BCUT2D eigenvalue weighted by atomic mass is 10.0. The maximum atomic E-state index is 12.9. The van der Waals surface area contributed by atoms with Gasteiger partial charge in [0.05, 0.1) is 32.7 Å². The van der Waals surface area contributed by atoms with Crippen LogP contribution in [0.1, 0.15) is 21.3 Å². The molecular weight excluding hydrogens is 340 g/mol. The first kappa shape index (κ1) is 17.6. The zero-order chi connectivity index (χ0) is 17.8. The fourth-order valence-corrected chi connectivity index (χ4v) is 4.02. The van der Waals surface area contributed by atoms with E-state index in [1.165, 1.54) is 21.3 Å². The van der Waals surface area contributed by atoms with E-state index in [1.54, 1.807) is 36.3 Å². The summed E-state index contributed by atoms with van der Waals surface area (Å²) in [4.78, 5) is 16.9. The number of hydrogen-bond donors (Lipinski definition) is 1. The van der Waals surface area contributed by atoms with E-state index in [9.17, 15) is 4.79 Å². The minimum absolute atomic E-state index is 0.00306. The second-order valence-electron chi connectivity index (χ2n) is 5.49. The number of benzene rings is 1. The molecule has 1 aromatic carbocycles. The van der Waals surface area contributed by atoms with Crippen LogP contribution in [0.5, 0.6) is 17.2 Å². The monoisotopic (exact) mass is 360 g/mol. The number of hydrogen-bond acceptors (Lipinski definition) is 7. The lowest BCUT2D eigenvalue weighted by Crippen LogP contribution is -2.34. The number of aromatic nitrogens is 1. The minimum atomic E-state index is -0.272. The van der Waals surface area contributed by atoms with Crippen molar-refractivity contribution in [3.05, 3.63) is 47.8 Å². The highest BCUT2D eigenvalue weighted by Gasteiger charge is 2.32. The average molecular weight is 360 g/mol. The van der Waals surface area contributed by atoms with Crippen LogP contribution in [0.25, 0.3) is 0 Å². The highest BCUT2D eigenvalue weighted by Crippen LogP contribution is 2.39. The Bertz CT molecular complexity index is 729. The number of thioether (sulfide) groups is 1. The Balaban J connectivity index is 1.82. The topological polar surface area (TPSA) is 69.7 Å². The van der Waals surface area contributed by atoms with Crippen molar-refractivity contribution in [2.24, 2.45) is 0 Å². The van der Waals surface area contributed by atoms with Crippen LogP contribution in [0.2, 0.25) is 0 Å². The second-order valence-corrected chi connectivity index (χ2v) is 6.63. The largest absolute Gasteiger partial charge is 0.493 e. The Labute approximate surface area is 150 Å². The first-order chi connectivity index (χ1) is 12.2. The van der Waals surface area contributed by atoms with Gasteiger partial charge in [-0.15, -0.1) is 11.8 Å². The Morgan fingerprint density at radius 2 is 1.76 bits per heavy atom.